The first-order chi connectivity index (χ1) is 8.48. The number of nitrogens with two attached hydrogens (primary N) is 1. The molecule has 6 heteroatoms. The molecule has 0 aromatic carbocycles. The van der Waals surface area contributed by atoms with Crippen LogP contribution in [0.25, 0.3) is 0 Å². The molecule has 0 amide bonds. The van der Waals surface area contributed by atoms with Crippen molar-refractivity contribution in [3.8, 4) is 0 Å². The maximum atomic E-state index is 12.1. The molecule has 0 bridgehead atoms. The second-order valence-corrected chi connectivity index (χ2v) is 5.93. The first kappa shape index (κ1) is 16.1. The van der Waals surface area contributed by atoms with E-state index in [1.54, 1.807) is 0 Å². The van der Waals surface area contributed by atoms with E-state index in [1.807, 2.05) is 6.92 Å². The number of alkyl halides is 3. The summed E-state index contributed by atoms with van der Waals surface area (Å²) in [6, 6.07) is 0.377. The lowest BCUT2D eigenvalue weighted by Gasteiger charge is -2.39. The van der Waals surface area contributed by atoms with Crippen LogP contribution in [0.15, 0.2) is 0 Å². The van der Waals surface area contributed by atoms with E-state index < -0.39 is 5.51 Å². The van der Waals surface area contributed by atoms with Gasteiger partial charge in [-0.1, -0.05) is 19.8 Å². The number of hydrogen-bond donors (Lipinski definition) is 1. The summed E-state index contributed by atoms with van der Waals surface area (Å²) in [7, 11) is 0. The van der Waals surface area contributed by atoms with Crippen molar-refractivity contribution in [2.24, 2.45) is 11.7 Å². The van der Waals surface area contributed by atoms with Gasteiger partial charge in [0, 0.05) is 18.3 Å². The van der Waals surface area contributed by atoms with Crippen molar-refractivity contribution >= 4 is 11.8 Å². The Kier molecular flexibility index (Phi) is 6.81. The van der Waals surface area contributed by atoms with Crippen LogP contribution in [-0.4, -0.2) is 41.8 Å². The average molecular weight is 284 g/mol. The van der Waals surface area contributed by atoms with E-state index in [-0.39, 0.29) is 17.5 Å². The van der Waals surface area contributed by atoms with Crippen LogP contribution in [0.4, 0.5) is 13.2 Å². The lowest BCUT2D eigenvalue weighted by atomic mass is 9.83. The zero-order valence-corrected chi connectivity index (χ0v) is 11.7. The molecule has 1 fully saturated rings. The largest absolute Gasteiger partial charge is 0.441 e. The Labute approximate surface area is 111 Å². The molecule has 1 aliphatic rings. The lowest BCUT2D eigenvalue weighted by molar-refractivity contribution is -0.0329. The van der Waals surface area contributed by atoms with Crippen molar-refractivity contribution in [1.29, 1.82) is 0 Å². The smallest absolute Gasteiger partial charge is 0.330 e. The Hall–Kier alpha value is 0.0600. The summed E-state index contributed by atoms with van der Waals surface area (Å²) in [5, 5.41) is 0. The molecule has 1 rings (SSSR count). The maximum absolute atomic E-state index is 12.1. The molecule has 108 valence electrons. The summed E-state index contributed by atoms with van der Waals surface area (Å²) in [5.74, 6) is 0.570. The van der Waals surface area contributed by atoms with Gasteiger partial charge in [-0.05, 0) is 43.6 Å². The van der Waals surface area contributed by atoms with Crippen LogP contribution in [-0.2, 0) is 0 Å². The third-order valence-electron chi connectivity index (χ3n) is 3.69. The van der Waals surface area contributed by atoms with Gasteiger partial charge in [0.05, 0.1) is 0 Å². The van der Waals surface area contributed by atoms with Gasteiger partial charge in [0.2, 0.25) is 0 Å². The zero-order chi connectivity index (χ0) is 13.6. The van der Waals surface area contributed by atoms with Gasteiger partial charge in [0.25, 0.3) is 0 Å². The van der Waals surface area contributed by atoms with Crippen molar-refractivity contribution in [3.05, 3.63) is 0 Å². The van der Waals surface area contributed by atoms with Crippen molar-refractivity contribution < 1.29 is 13.2 Å². The van der Waals surface area contributed by atoms with Gasteiger partial charge in [-0.15, -0.1) is 0 Å². The molecule has 0 heterocycles. The Morgan fingerprint density at radius 1 is 1.28 bits per heavy atom. The molecule has 0 spiro atoms. The van der Waals surface area contributed by atoms with Crippen LogP contribution in [0.3, 0.4) is 0 Å². The van der Waals surface area contributed by atoms with E-state index in [4.69, 9.17) is 5.73 Å². The Bertz CT molecular complexity index is 236. The van der Waals surface area contributed by atoms with Gasteiger partial charge in [-0.3, -0.25) is 4.90 Å². The molecule has 0 aromatic heterocycles. The summed E-state index contributed by atoms with van der Waals surface area (Å²) >= 11 is 0.0772. The molecular weight excluding hydrogens is 261 g/mol. The number of thioether (sulfide) groups is 1. The van der Waals surface area contributed by atoms with Crippen molar-refractivity contribution in [2.75, 3.05) is 25.4 Å². The number of hydrogen-bond acceptors (Lipinski definition) is 3. The monoisotopic (exact) mass is 284 g/mol. The fraction of sp³-hybridized carbons (Fsp3) is 1.00. The minimum absolute atomic E-state index is 0.0772. The SMILES string of the molecule is CCN(CCSC(F)(F)F)C1CCCCC1CN. The molecule has 0 aromatic rings. The van der Waals surface area contributed by atoms with Crippen LogP contribution in [0.2, 0.25) is 0 Å². The molecule has 1 aliphatic carbocycles. The van der Waals surface area contributed by atoms with Gasteiger partial charge in [0.1, 0.15) is 0 Å². The van der Waals surface area contributed by atoms with Crippen LogP contribution >= 0.6 is 11.8 Å². The zero-order valence-electron chi connectivity index (χ0n) is 10.9. The van der Waals surface area contributed by atoms with Crippen molar-refractivity contribution in [3.63, 3.8) is 0 Å². The second kappa shape index (κ2) is 7.60. The second-order valence-electron chi connectivity index (χ2n) is 4.77. The topological polar surface area (TPSA) is 29.3 Å². The minimum Gasteiger partial charge on any atom is -0.330 e. The van der Waals surface area contributed by atoms with Crippen LogP contribution < -0.4 is 5.73 Å². The highest BCUT2D eigenvalue weighted by Crippen LogP contribution is 2.31. The molecule has 2 nitrogen and oxygen atoms in total. The predicted octanol–water partition coefficient (Wildman–Crippen LogP) is 3.08. The van der Waals surface area contributed by atoms with Gasteiger partial charge >= 0.3 is 5.51 Å². The van der Waals surface area contributed by atoms with E-state index in [9.17, 15) is 13.2 Å². The third-order valence-corrected chi connectivity index (χ3v) is 4.41. The fourth-order valence-corrected chi connectivity index (χ4v) is 3.34. The molecule has 2 unspecified atom stereocenters. The van der Waals surface area contributed by atoms with Crippen LogP contribution in [0.5, 0.6) is 0 Å². The molecule has 0 aliphatic heterocycles. The normalized spacial score (nSPS) is 25.7. The summed E-state index contributed by atoms with van der Waals surface area (Å²) < 4.78 is 36.4. The van der Waals surface area contributed by atoms with Crippen LogP contribution in [0.1, 0.15) is 32.6 Å². The highest BCUT2D eigenvalue weighted by atomic mass is 32.2. The third kappa shape index (κ3) is 5.36. The van der Waals surface area contributed by atoms with Crippen molar-refractivity contribution in [2.45, 2.75) is 44.2 Å². The minimum atomic E-state index is -4.11. The summed E-state index contributed by atoms with van der Waals surface area (Å²) in [6.07, 6.45) is 4.56. The molecule has 18 heavy (non-hydrogen) atoms. The first-order valence-corrected chi connectivity index (χ1v) is 7.61. The summed E-state index contributed by atoms with van der Waals surface area (Å²) in [6.45, 7) is 3.97. The Morgan fingerprint density at radius 2 is 1.94 bits per heavy atom. The van der Waals surface area contributed by atoms with Crippen LogP contribution in [0, 0.1) is 5.92 Å². The molecule has 1 saturated carbocycles. The average Bonchev–Trinajstić information content (AvgIpc) is 2.33. The predicted molar refractivity (Wildman–Crippen MR) is 70.6 cm³/mol. The van der Waals surface area contributed by atoms with E-state index >= 15 is 0 Å². The lowest BCUT2D eigenvalue weighted by Crippen LogP contribution is -2.46. The fourth-order valence-electron chi connectivity index (χ4n) is 2.78. The Morgan fingerprint density at radius 3 is 2.50 bits per heavy atom. The van der Waals surface area contributed by atoms with E-state index in [1.165, 1.54) is 12.8 Å². The van der Waals surface area contributed by atoms with E-state index in [0.29, 0.717) is 25.0 Å². The molecule has 2 N–H and O–H groups in total. The van der Waals surface area contributed by atoms with E-state index in [2.05, 4.69) is 4.90 Å². The number of nitrogens with zero attached hydrogens (tertiary/aromatic N) is 1. The van der Waals surface area contributed by atoms with Crippen molar-refractivity contribution in [1.82, 2.24) is 4.90 Å². The number of halogens is 3. The molecule has 0 radical (unpaired) electrons. The first-order valence-electron chi connectivity index (χ1n) is 6.62. The van der Waals surface area contributed by atoms with Gasteiger partial charge < -0.3 is 5.73 Å². The summed E-state index contributed by atoms with van der Waals surface area (Å²) in [5.41, 5.74) is 1.66. The van der Waals surface area contributed by atoms with E-state index in [0.717, 1.165) is 19.4 Å². The van der Waals surface area contributed by atoms with Gasteiger partial charge in [0.15, 0.2) is 0 Å². The maximum Gasteiger partial charge on any atom is 0.441 e. The number of rotatable bonds is 6. The molecule has 0 saturated heterocycles. The standard InChI is InChI=1S/C12H23F3N2S/c1-2-17(7-8-18-12(13,14)15)11-6-4-3-5-10(11)9-16/h10-11H,2-9,16H2,1H3. The Balaban J connectivity index is 2.43. The molecular formula is C12H23F3N2S. The highest BCUT2D eigenvalue weighted by molar-refractivity contribution is 8.00. The quantitative estimate of drug-likeness (QED) is 0.813. The highest BCUT2D eigenvalue weighted by Gasteiger charge is 2.31. The van der Waals surface area contributed by atoms with Gasteiger partial charge in [-0.25, -0.2) is 0 Å². The summed E-state index contributed by atoms with van der Waals surface area (Å²) in [4.78, 5) is 2.18. The molecule has 2 atom stereocenters. The van der Waals surface area contributed by atoms with Gasteiger partial charge in [-0.2, -0.15) is 13.2 Å².